The quantitative estimate of drug-likeness (QED) is 0.183. The number of nitrogens with two attached hydrogens (primary N) is 1. The lowest BCUT2D eigenvalue weighted by Gasteiger charge is -2.02. The van der Waals surface area contributed by atoms with Gasteiger partial charge in [0, 0.05) is 0 Å². The van der Waals surface area contributed by atoms with E-state index in [1.807, 2.05) is 0 Å². The van der Waals surface area contributed by atoms with Gasteiger partial charge in [0.2, 0.25) is 10.0 Å². The lowest BCUT2D eigenvalue weighted by molar-refractivity contribution is 0.561. The van der Waals surface area contributed by atoms with Crippen molar-refractivity contribution in [1.29, 1.82) is 0 Å². The number of unbranched alkanes of at least 4 members (excludes halogenated alkanes) is 16. The van der Waals surface area contributed by atoms with Crippen molar-refractivity contribution in [1.82, 2.24) is 0 Å². The van der Waals surface area contributed by atoms with E-state index in [1.165, 1.54) is 96.3 Å². The summed E-state index contributed by atoms with van der Waals surface area (Å²) in [7, 11) is -3.25. The topological polar surface area (TPSA) is 60.2 Å². The molecule has 156 valence electrons. The highest BCUT2D eigenvalue weighted by Gasteiger charge is 2.01. The summed E-state index contributed by atoms with van der Waals surface area (Å²) in [6.45, 7) is 2.27. The highest BCUT2D eigenvalue weighted by Crippen LogP contribution is 2.12. The number of primary sulfonamides is 1. The minimum absolute atomic E-state index is 0.138. The molecule has 0 unspecified atom stereocenters. The Labute approximate surface area is 164 Å². The van der Waals surface area contributed by atoms with Crippen LogP contribution in [0.25, 0.3) is 0 Å². The Morgan fingerprint density at radius 2 is 0.923 bits per heavy atom. The van der Waals surface area contributed by atoms with Crippen molar-refractivity contribution < 1.29 is 8.42 Å². The molecule has 4 heteroatoms. The zero-order valence-electron chi connectivity index (χ0n) is 17.4. The molecule has 0 rings (SSSR count). The molecule has 0 bridgehead atoms. The van der Waals surface area contributed by atoms with Gasteiger partial charge in [0.15, 0.2) is 0 Å². The molecule has 0 heterocycles. The van der Waals surface area contributed by atoms with Crippen molar-refractivity contribution in [2.45, 2.75) is 122 Å². The molecule has 26 heavy (non-hydrogen) atoms. The van der Waals surface area contributed by atoms with Gasteiger partial charge in [-0.05, 0) is 32.1 Å². The summed E-state index contributed by atoms with van der Waals surface area (Å²) < 4.78 is 21.6. The molecule has 0 aliphatic heterocycles. The van der Waals surface area contributed by atoms with Crippen molar-refractivity contribution in [3.63, 3.8) is 0 Å². The second-order valence-electron chi connectivity index (χ2n) is 7.72. The Hall–Kier alpha value is -0.350. The Bertz CT molecular complexity index is 404. The van der Waals surface area contributed by atoms with Crippen LogP contribution in [0.2, 0.25) is 0 Å². The van der Waals surface area contributed by atoms with E-state index in [1.54, 1.807) is 0 Å². The van der Waals surface area contributed by atoms with Crippen molar-refractivity contribution >= 4 is 10.0 Å². The highest BCUT2D eigenvalue weighted by molar-refractivity contribution is 7.89. The van der Waals surface area contributed by atoms with E-state index >= 15 is 0 Å². The minimum atomic E-state index is -3.25. The Balaban J connectivity index is 3.12. The van der Waals surface area contributed by atoms with Crippen LogP contribution in [0.15, 0.2) is 12.2 Å². The fourth-order valence-corrected chi connectivity index (χ4v) is 3.86. The van der Waals surface area contributed by atoms with Crippen LogP contribution in [0.4, 0.5) is 0 Å². The Kier molecular flexibility index (Phi) is 19.2. The smallest absolute Gasteiger partial charge is 0.209 e. The molecule has 0 aliphatic rings. The summed E-state index contributed by atoms with van der Waals surface area (Å²) >= 11 is 0. The first-order valence-corrected chi connectivity index (χ1v) is 12.9. The summed E-state index contributed by atoms with van der Waals surface area (Å²) in [4.78, 5) is 0. The second-order valence-corrected chi connectivity index (χ2v) is 9.45. The molecule has 0 aromatic rings. The van der Waals surface area contributed by atoms with Gasteiger partial charge in [0.05, 0.1) is 5.75 Å². The van der Waals surface area contributed by atoms with E-state index in [-0.39, 0.29) is 5.75 Å². The van der Waals surface area contributed by atoms with E-state index in [2.05, 4.69) is 19.1 Å². The van der Waals surface area contributed by atoms with Gasteiger partial charge in [0.1, 0.15) is 0 Å². The lowest BCUT2D eigenvalue weighted by atomic mass is 10.1. The average molecular weight is 388 g/mol. The van der Waals surface area contributed by atoms with E-state index in [0.717, 1.165) is 12.8 Å². The van der Waals surface area contributed by atoms with Gasteiger partial charge in [-0.1, -0.05) is 103 Å². The standard InChI is InChI=1S/C22H45NO2S/c1-2-3-4-5-6-7-8-9-10-11-12-13-14-15-16-17-18-19-20-21-22-26(23,24)25/h10-11H,2-9,12-22H2,1H3,(H2,23,24,25)/b11-10+. The van der Waals surface area contributed by atoms with Crippen LogP contribution in [0.1, 0.15) is 122 Å². The molecule has 3 nitrogen and oxygen atoms in total. The zero-order chi connectivity index (χ0) is 19.3. The molecule has 0 aliphatic carbocycles. The maximum absolute atomic E-state index is 10.8. The zero-order valence-corrected chi connectivity index (χ0v) is 18.2. The normalized spacial score (nSPS) is 12.2. The molecular formula is C22H45NO2S. The molecule has 0 radical (unpaired) electrons. The molecule has 0 aromatic heterocycles. The van der Waals surface area contributed by atoms with Crippen LogP contribution in [0.3, 0.4) is 0 Å². The molecule has 0 aromatic carbocycles. The minimum Gasteiger partial charge on any atom is -0.229 e. The second kappa shape index (κ2) is 19.4. The molecule has 0 amide bonds. The molecule has 0 fully saturated rings. The Morgan fingerprint density at radius 1 is 0.577 bits per heavy atom. The van der Waals surface area contributed by atoms with Crippen LogP contribution >= 0.6 is 0 Å². The first-order valence-electron chi connectivity index (χ1n) is 11.2. The summed E-state index contributed by atoms with van der Waals surface area (Å²) in [5, 5.41) is 4.98. The third-order valence-corrected chi connectivity index (χ3v) is 5.80. The van der Waals surface area contributed by atoms with Crippen molar-refractivity contribution in [3.05, 3.63) is 12.2 Å². The fraction of sp³-hybridized carbons (Fsp3) is 0.909. The van der Waals surface area contributed by atoms with E-state index in [9.17, 15) is 8.42 Å². The number of allylic oxidation sites excluding steroid dienone is 2. The number of hydrogen-bond acceptors (Lipinski definition) is 2. The maximum Gasteiger partial charge on any atom is 0.209 e. The van der Waals surface area contributed by atoms with E-state index < -0.39 is 10.0 Å². The molecule has 2 N–H and O–H groups in total. The first kappa shape index (κ1) is 25.6. The van der Waals surface area contributed by atoms with Gasteiger partial charge in [-0.3, -0.25) is 0 Å². The number of rotatable bonds is 20. The van der Waals surface area contributed by atoms with Gasteiger partial charge in [-0.2, -0.15) is 0 Å². The predicted octanol–water partition coefficient (Wildman–Crippen LogP) is 6.87. The lowest BCUT2D eigenvalue weighted by Crippen LogP contribution is -2.16. The van der Waals surface area contributed by atoms with Crippen LogP contribution < -0.4 is 5.14 Å². The highest BCUT2D eigenvalue weighted by atomic mass is 32.2. The predicted molar refractivity (Wildman–Crippen MR) is 116 cm³/mol. The van der Waals surface area contributed by atoms with Crippen LogP contribution in [0.5, 0.6) is 0 Å². The summed E-state index contributed by atoms with van der Waals surface area (Å²) in [5.74, 6) is 0.138. The number of sulfonamides is 1. The van der Waals surface area contributed by atoms with Gasteiger partial charge in [0.25, 0.3) is 0 Å². The SMILES string of the molecule is CCCCCCCCC/C=C/CCCCCCCCCCCS(N)(=O)=O. The summed E-state index contributed by atoms with van der Waals surface area (Å²) in [6, 6.07) is 0. The van der Waals surface area contributed by atoms with E-state index in [0.29, 0.717) is 6.42 Å². The van der Waals surface area contributed by atoms with Gasteiger partial charge < -0.3 is 0 Å². The summed E-state index contributed by atoms with van der Waals surface area (Å²) in [6.07, 6.45) is 27.7. The fourth-order valence-electron chi connectivity index (χ4n) is 3.26. The largest absolute Gasteiger partial charge is 0.229 e. The molecule has 0 saturated carbocycles. The van der Waals surface area contributed by atoms with Crippen molar-refractivity contribution in [2.75, 3.05) is 5.75 Å². The molecular weight excluding hydrogens is 342 g/mol. The van der Waals surface area contributed by atoms with Crippen molar-refractivity contribution in [2.24, 2.45) is 5.14 Å². The van der Waals surface area contributed by atoms with Gasteiger partial charge in [-0.25, -0.2) is 13.6 Å². The molecule has 0 atom stereocenters. The monoisotopic (exact) mass is 387 g/mol. The first-order chi connectivity index (χ1) is 12.6. The van der Waals surface area contributed by atoms with E-state index in [4.69, 9.17) is 5.14 Å². The number of hydrogen-bond donors (Lipinski definition) is 1. The Morgan fingerprint density at radius 3 is 1.31 bits per heavy atom. The van der Waals surface area contributed by atoms with Crippen LogP contribution in [-0.4, -0.2) is 14.2 Å². The van der Waals surface area contributed by atoms with Crippen LogP contribution in [-0.2, 0) is 10.0 Å². The molecule has 0 spiro atoms. The average Bonchev–Trinajstić information content (AvgIpc) is 2.59. The third-order valence-electron chi connectivity index (χ3n) is 4.94. The van der Waals surface area contributed by atoms with Gasteiger partial charge in [-0.15, -0.1) is 0 Å². The van der Waals surface area contributed by atoms with Gasteiger partial charge >= 0.3 is 0 Å². The van der Waals surface area contributed by atoms with Crippen LogP contribution in [0, 0.1) is 0 Å². The maximum atomic E-state index is 10.8. The van der Waals surface area contributed by atoms with Crippen molar-refractivity contribution in [3.8, 4) is 0 Å². The molecule has 0 saturated heterocycles. The summed E-state index contributed by atoms with van der Waals surface area (Å²) in [5.41, 5.74) is 0. The third kappa shape index (κ3) is 23.6.